The van der Waals surface area contributed by atoms with E-state index in [9.17, 15) is 9.59 Å². The normalized spacial score (nSPS) is 9.55. The van der Waals surface area contributed by atoms with Gasteiger partial charge in [-0.2, -0.15) is 0 Å². The van der Waals surface area contributed by atoms with Gasteiger partial charge in [0.1, 0.15) is 5.78 Å². The Morgan fingerprint density at radius 3 is 2.45 bits per heavy atom. The predicted octanol–water partition coefficient (Wildman–Crippen LogP) is 3.94. The molecule has 1 aromatic rings. The third-order valence-corrected chi connectivity index (χ3v) is 3.30. The van der Waals surface area contributed by atoms with Crippen LogP contribution in [-0.4, -0.2) is 18.9 Å². The number of ketones is 1. The summed E-state index contributed by atoms with van der Waals surface area (Å²) in [6, 6.07) is 5.12. The Morgan fingerprint density at radius 1 is 1.18 bits per heavy atom. The maximum Gasteiger partial charge on any atom is 0.339 e. The van der Waals surface area contributed by atoms with Crippen LogP contribution >= 0.6 is 0 Å². The molecule has 0 radical (unpaired) electrons. The number of anilines is 1. The third kappa shape index (κ3) is 6.57. The van der Waals surface area contributed by atoms with Gasteiger partial charge in [-0.25, -0.2) is 4.79 Å². The summed E-state index contributed by atoms with van der Waals surface area (Å²) in [5, 5.41) is 0. The second-order valence-corrected chi connectivity index (χ2v) is 4.90. The highest BCUT2D eigenvalue weighted by atomic mass is 16.5. The summed E-state index contributed by atoms with van der Waals surface area (Å²) < 4.78 is 4.66. The molecule has 0 aliphatic carbocycles. The molecule has 0 saturated heterocycles. The minimum Gasteiger partial charge on any atom is -0.465 e. The molecule has 1 rings (SSSR count). The highest BCUT2D eigenvalue weighted by Gasteiger charge is 2.14. The largest absolute Gasteiger partial charge is 0.465 e. The molecule has 0 atom stereocenters. The highest BCUT2D eigenvalue weighted by molar-refractivity contribution is 5.96. The lowest BCUT2D eigenvalue weighted by Crippen LogP contribution is -2.10. The molecule has 0 bridgehead atoms. The number of benzene rings is 1. The summed E-state index contributed by atoms with van der Waals surface area (Å²) in [6.45, 7) is 8.14. The SMILES string of the molecule is C=C.CCCCCCC(=O)Cc1cccc(C(=O)OC)c1N. The van der Waals surface area contributed by atoms with Gasteiger partial charge < -0.3 is 10.5 Å². The number of methoxy groups -OCH3 is 1. The lowest BCUT2D eigenvalue weighted by molar-refractivity contribution is -0.118. The zero-order valence-corrected chi connectivity index (χ0v) is 13.7. The molecule has 0 amide bonds. The fraction of sp³-hybridized carbons (Fsp3) is 0.444. The van der Waals surface area contributed by atoms with Crippen molar-refractivity contribution in [3.63, 3.8) is 0 Å². The molecule has 0 aliphatic rings. The number of rotatable bonds is 8. The lowest BCUT2D eigenvalue weighted by atomic mass is 10.00. The number of nitrogen functional groups attached to an aromatic ring is 1. The van der Waals surface area contributed by atoms with E-state index in [4.69, 9.17) is 5.73 Å². The number of unbranched alkanes of at least 4 members (excludes halogenated alkanes) is 3. The summed E-state index contributed by atoms with van der Waals surface area (Å²) >= 11 is 0. The summed E-state index contributed by atoms with van der Waals surface area (Å²) in [6.07, 6.45) is 5.17. The van der Waals surface area contributed by atoms with E-state index in [1.807, 2.05) is 0 Å². The van der Waals surface area contributed by atoms with Crippen molar-refractivity contribution < 1.29 is 14.3 Å². The van der Waals surface area contributed by atoms with Gasteiger partial charge in [0.2, 0.25) is 0 Å². The Morgan fingerprint density at radius 2 is 1.86 bits per heavy atom. The van der Waals surface area contributed by atoms with Crippen LogP contribution < -0.4 is 5.73 Å². The zero-order chi connectivity index (χ0) is 17.0. The first kappa shape index (κ1) is 19.9. The van der Waals surface area contributed by atoms with Crippen molar-refractivity contribution in [1.29, 1.82) is 0 Å². The lowest BCUT2D eigenvalue weighted by Gasteiger charge is -2.09. The Balaban J connectivity index is 0.00000211. The molecule has 0 fully saturated rings. The van der Waals surface area contributed by atoms with E-state index < -0.39 is 5.97 Å². The van der Waals surface area contributed by atoms with Crippen LogP contribution in [0, 0.1) is 0 Å². The van der Waals surface area contributed by atoms with E-state index >= 15 is 0 Å². The van der Waals surface area contributed by atoms with Gasteiger partial charge in [0, 0.05) is 18.5 Å². The molecule has 0 saturated carbocycles. The molecule has 0 heterocycles. The van der Waals surface area contributed by atoms with Crippen LogP contribution in [0.5, 0.6) is 0 Å². The number of ether oxygens (including phenoxy) is 1. The van der Waals surface area contributed by atoms with Gasteiger partial charge in [-0.05, 0) is 18.1 Å². The van der Waals surface area contributed by atoms with Crippen LogP contribution in [0.3, 0.4) is 0 Å². The van der Waals surface area contributed by atoms with Crippen LogP contribution in [-0.2, 0) is 16.0 Å². The Bertz CT molecular complexity index is 483. The highest BCUT2D eigenvalue weighted by Crippen LogP contribution is 2.20. The second kappa shape index (κ2) is 11.5. The minimum absolute atomic E-state index is 0.162. The Labute approximate surface area is 133 Å². The fourth-order valence-corrected chi connectivity index (χ4v) is 2.10. The van der Waals surface area contributed by atoms with Crippen LogP contribution in [0.25, 0.3) is 0 Å². The first-order chi connectivity index (χ1) is 10.6. The maximum atomic E-state index is 11.9. The summed E-state index contributed by atoms with van der Waals surface area (Å²) in [4.78, 5) is 23.4. The van der Waals surface area contributed by atoms with E-state index in [1.54, 1.807) is 18.2 Å². The van der Waals surface area contributed by atoms with Gasteiger partial charge in [0.05, 0.1) is 12.7 Å². The first-order valence-corrected chi connectivity index (χ1v) is 7.57. The van der Waals surface area contributed by atoms with E-state index in [0.717, 1.165) is 25.7 Å². The molecule has 1 aromatic carbocycles. The van der Waals surface area contributed by atoms with Crippen LogP contribution in [0.4, 0.5) is 5.69 Å². The number of hydrogen-bond donors (Lipinski definition) is 1. The predicted molar refractivity (Wildman–Crippen MR) is 90.9 cm³/mol. The van der Waals surface area contributed by atoms with Gasteiger partial charge in [-0.1, -0.05) is 38.3 Å². The number of hydrogen-bond acceptors (Lipinski definition) is 4. The van der Waals surface area contributed by atoms with Crippen molar-refractivity contribution >= 4 is 17.4 Å². The second-order valence-electron chi connectivity index (χ2n) is 4.90. The van der Waals surface area contributed by atoms with Gasteiger partial charge in [0.25, 0.3) is 0 Å². The molecule has 4 nitrogen and oxygen atoms in total. The fourth-order valence-electron chi connectivity index (χ4n) is 2.10. The smallest absolute Gasteiger partial charge is 0.339 e. The average molecular weight is 305 g/mol. The Kier molecular flexibility index (Phi) is 10.4. The topological polar surface area (TPSA) is 69.4 Å². The summed E-state index contributed by atoms with van der Waals surface area (Å²) in [7, 11) is 1.31. The maximum absolute atomic E-state index is 11.9. The molecule has 0 aliphatic heterocycles. The molecule has 0 aromatic heterocycles. The van der Waals surface area contributed by atoms with E-state index in [1.165, 1.54) is 7.11 Å². The van der Waals surface area contributed by atoms with Crippen molar-refractivity contribution in [3.05, 3.63) is 42.5 Å². The molecular formula is C18H27NO3. The molecule has 22 heavy (non-hydrogen) atoms. The minimum atomic E-state index is -0.472. The van der Waals surface area contributed by atoms with E-state index in [-0.39, 0.29) is 12.2 Å². The molecule has 122 valence electrons. The molecule has 2 N–H and O–H groups in total. The number of carbonyl (C=O) groups excluding carboxylic acids is 2. The molecule has 4 heteroatoms. The van der Waals surface area contributed by atoms with Gasteiger partial charge >= 0.3 is 5.97 Å². The van der Waals surface area contributed by atoms with Gasteiger partial charge in [-0.15, -0.1) is 13.2 Å². The standard InChI is InChI=1S/C16H23NO3.C2H4/c1-3-4-5-6-9-13(18)11-12-8-7-10-14(15(12)17)16(19)20-2;1-2/h7-8,10H,3-6,9,11,17H2,1-2H3;1-2H2. The monoisotopic (exact) mass is 305 g/mol. The first-order valence-electron chi connectivity index (χ1n) is 7.57. The quantitative estimate of drug-likeness (QED) is 0.342. The van der Waals surface area contributed by atoms with E-state index in [2.05, 4.69) is 24.8 Å². The molecular weight excluding hydrogens is 278 g/mol. The van der Waals surface area contributed by atoms with Crippen molar-refractivity contribution in [2.45, 2.75) is 45.4 Å². The number of esters is 1. The summed E-state index contributed by atoms with van der Waals surface area (Å²) in [5.41, 5.74) is 7.30. The third-order valence-electron chi connectivity index (χ3n) is 3.30. The van der Waals surface area contributed by atoms with Crippen molar-refractivity contribution in [3.8, 4) is 0 Å². The van der Waals surface area contributed by atoms with Crippen LogP contribution in [0.2, 0.25) is 0 Å². The van der Waals surface area contributed by atoms with Gasteiger partial charge in [-0.3, -0.25) is 4.79 Å². The summed E-state index contributed by atoms with van der Waals surface area (Å²) in [5.74, 6) is -0.311. The van der Waals surface area contributed by atoms with E-state index in [0.29, 0.717) is 23.2 Å². The number of nitrogens with two attached hydrogens (primary N) is 1. The number of carbonyl (C=O) groups is 2. The number of Topliss-reactive ketones (excluding diaryl/α,β-unsaturated/α-hetero) is 1. The molecule has 0 spiro atoms. The van der Waals surface area contributed by atoms with Crippen LogP contribution in [0.15, 0.2) is 31.4 Å². The zero-order valence-electron chi connectivity index (χ0n) is 13.7. The van der Waals surface area contributed by atoms with Gasteiger partial charge in [0.15, 0.2) is 0 Å². The average Bonchev–Trinajstić information content (AvgIpc) is 2.55. The Hall–Kier alpha value is -2.10. The van der Waals surface area contributed by atoms with Crippen LogP contribution in [0.1, 0.15) is 54.9 Å². The van der Waals surface area contributed by atoms with Crippen molar-refractivity contribution in [2.24, 2.45) is 0 Å². The van der Waals surface area contributed by atoms with Crippen molar-refractivity contribution in [2.75, 3.05) is 12.8 Å². The van der Waals surface area contributed by atoms with Crippen molar-refractivity contribution in [1.82, 2.24) is 0 Å². The molecule has 0 unspecified atom stereocenters. The number of para-hydroxylation sites is 1.